The molecule has 21 heavy (non-hydrogen) atoms. The highest BCUT2D eigenvalue weighted by Gasteiger charge is 2.15. The molecule has 3 heteroatoms. The van der Waals surface area contributed by atoms with Crippen LogP contribution in [0.4, 0.5) is 4.39 Å². The molecule has 1 unspecified atom stereocenters. The summed E-state index contributed by atoms with van der Waals surface area (Å²) in [5.74, 6) is -0.125. The van der Waals surface area contributed by atoms with Crippen molar-refractivity contribution in [3.63, 3.8) is 0 Å². The lowest BCUT2D eigenvalue weighted by molar-refractivity contribution is 0.473. The van der Waals surface area contributed by atoms with Crippen molar-refractivity contribution in [2.75, 3.05) is 6.54 Å². The van der Waals surface area contributed by atoms with Crippen molar-refractivity contribution in [3.05, 3.63) is 65.2 Å². The summed E-state index contributed by atoms with van der Waals surface area (Å²) in [6, 6.07) is 9.39. The SMILES string of the molecule is CCCNC(CCc1cccnc1)c1cc(C)ccc1F. The fourth-order valence-electron chi connectivity index (χ4n) is 2.47. The highest BCUT2D eigenvalue weighted by atomic mass is 19.1. The Labute approximate surface area is 126 Å². The minimum absolute atomic E-state index is 0.0463. The molecule has 1 heterocycles. The molecule has 1 atom stereocenters. The van der Waals surface area contributed by atoms with E-state index in [0.717, 1.165) is 36.9 Å². The maximum atomic E-state index is 14.1. The van der Waals surface area contributed by atoms with E-state index in [2.05, 4.69) is 23.3 Å². The van der Waals surface area contributed by atoms with Crippen LogP contribution in [0.2, 0.25) is 0 Å². The Morgan fingerprint density at radius 1 is 1.29 bits per heavy atom. The number of benzene rings is 1. The molecule has 0 fully saturated rings. The van der Waals surface area contributed by atoms with Crippen LogP contribution in [0, 0.1) is 12.7 Å². The number of pyridine rings is 1. The van der Waals surface area contributed by atoms with Gasteiger partial charge in [-0.2, -0.15) is 0 Å². The van der Waals surface area contributed by atoms with Crippen molar-refractivity contribution in [1.82, 2.24) is 10.3 Å². The molecule has 0 saturated heterocycles. The van der Waals surface area contributed by atoms with Crippen LogP contribution in [0.3, 0.4) is 0 Å². The van der Waals surface area contributed by atoms with Crippen LogP contribution in [0.15, 0.2) is 42.7 Å². The summed E-state index contributed by atoms with van der Waals surface area (Å²) >= 11 is 0. The highest BCUT2D eigenvalue weighted by Crippen LogP contribution is 2.23. The van der Waals surface area contributed by atoms with Gasteiger partial charge in [-0.15, -0.1) is 0 Å². The summed E-state index contributed by atoms with van der Waals surface area (Å²) in [5.41, 5.74) is 3.05. The summed E-state index contributed by atoms with van der Waals surface area (Å²) < 4.78 is 14.1. The minimum atomic E-state index is -0.125. The van der Waals surface area contributed by atoms with Crippen LogP contribution in [0.25, 0.3) is 0 Å². The van der Waals surface area contributed by atoms with E-state index < -0.39 is 0 Å². The van der Waals surface area contributed by atoms with Gasteiger partial charge in [0.25, 0.3) is 0 Å². The monoisotopic (exact) mass is 286 g/mol. The van der Waals surface area contributed by atoms with E-state index in [-0.39, 0.29) is 11.9 Å². The predicted octanol–water partition coefficient (Wildman–Crippen LogP) is 4.20. The molecule has 2 nitrogen and oxygen atoms in total. The maximum absolute atomic E-state index is 14.1. The molecule has 0 bridgehead atoms. The van der Waals surface area contributed by atoms with Gasteiger partial charge in [-0.25, -0.2) is 4.39 Å². The molecule has 112 valence electrons. The third-order valence-electron chi connectivity index (χ3n) is 3.61. The van der Waals surface area contributed by atoms with E-state index in [4.69, 9.17) is 0 Å². The molecule has 1 aromatic carbocycles. The Balaban J connectivity index is 2.12. The highest BCUT2D eigenvalue weighted by molar-refractivity contribution is 5.27. The van der Waals surface area contributed by atoms with E-state index in [1.165, 1.54) is 5.56 Å². The summed E-state index contributed by atoms with van der Waals surface area (Å²) in [4.78, 5) is 4.13. The lowest BCUT2D eigenvalue weighted by atomic mass is 9.97. The van der Waals surface area contributed by atoms with Gasteiger partial charge in [0, 0.05) is 24.0 Å². The van der Waals surface area contributed by atoms with Crippen molar-refractivity contribution in [1.29, 1.82) is 0 Å². The van der Waals surface area contributed by atoms with Crippen LogP contribution in [-0.4, -0.2) is 11.5 Å². The first-order chi connectivity index (χ1) is 10.2. The lowest BCUT2D eigenvalue weighted by Gasteiger charge is -2.20. The van der Waals surface area contributed by atoms with Crippen molar-refractivity contribution in [2.24, 2.45) is 0 Å². The number of aryl methyl sites for hydroxylation is 2. The number of rotatable bonds is 7. The van der Waals surface area contributed by atoms with Gasteiger partial charge < -0.3 is 5.32 Å². The molecule has 0 aliphatic carbocycles. The fraction of sp³-hybridized carbons (Fsp3) is 0.389. The number of hydrogen-bond donors (Lipinski definition) is 1. The van der Waals surface area contributed by atoms with E-state index in [1.807, 2.05) is 31.3 Å². The van der Waals surface area contributed by atoms with Gasteiger partial charge >= 0.3 is 0 Å². The van der Waals surface area contributed by atoms with Crippen molar-refractivity contribution < 1.29 is 4.39 Å². The Morgan fingerprint density at radius 3 is 2.86 bits per heavy atom. The van der Waals surface area contributed by atoms with Gasteiger partial charge in [-0.05, 0) is 50.4 Å². The first kappa shape index (κ1) is 15.6. The molecule has 0 spiro atoms. The first-order valence-electron chi connectivity index (χ1n) is 7.59. The third kappa shape index (κ3) is 4.64. The molecule has 0 radical (unpaired) electrons. The Hall–Kier alpha value is -1.74. The van der Waals surface area contributed by atoms with E-state index >= 15 is 0 Å². The zero-order valence-corrected chi connectivity index (χ0v) is 12.8. The average molecular weight is 286 g/mol. The van der Waals surface area contributed by atoms with E-state index in [9.17, 15) is 4.39 Å². The van der Waals surface area contributed by atoms with Gasteiger partial charge in [0.1, 0.15) is 5.82 Å². The molecule has 1 aromatic heterocycles. The first-order valence-corrected chi connectivity index (χ1v) is 7.59. The number of aromatic nitrogens is 1. The molecule has 2 aromatic rings. The largest absolute Gasteiger partial charge is 0.310 e. The van der Waals surface area contributed by atoms with Crippen molar-refractivity contribution >= 4 is 0 Å². The van der Waals surface area contributed by atoms with Crippen molar-refractivity contribution in [3.8, 4) is 0 Å². The smallest absolute Gasteiger partial charge is 0.127 e. The zero-order chi connectivity index (χ0) is 15.1. The molecule has 1 N–H and O–H groups in total. The second-order valence-electron chi connectivity index (χ2n) is 5.43. The van der Waals surface area contributed by atoms with Crippen LogP contribution in [-0.2, 0) is 6.42 Å². The second-order valence-corrected chi connectivity index (χ2v) is 5.43. The topological polar surface area (TPSA) is 24.9 Å². The number of hydrogen-bond acceptors (Lipinski definition) is 2. The van der Waals surface area contributed by atoms with Crippen LogP contribution < -0.4 is 5.32 Å². The van der Waals surface area contributed by atoms with Crippen LogP contribution >= 0.6 is 0 Å². The standard InChI is InChI=1S/C18H23FN2/c1-3-10-21-18(9-7-15-5-4-11-20-13-15)16-12-14(2)6-8-17(16)19/h4-6,8,11-13,18,21H,3,7,9-10H2,1-2H3. The number of nitrogens with one attached hydrogen (secondary N) is 1. The average Bonchev–Trinajstić information content (AvgIpc) is 2.51. The lowest BCUT2D eigenvalue weighted by Crippen LogP contribution is -2.23. The third-order valence-corrected chi connectivity index (χ3v) is 3.61. The molecule has 0 saturated carbocycles. The van der Waals surface area contributed by atoms with Gasteiger partial charge in [0.15, 0.2) is 0 Å². The Morgan fingerprint density at radius 2 is 2.14 bits per heavy atom. The summed E-state index contributed by atoms with van der Waals surface area (Å²) in [6.07, 6.45) is 6.45. The maximum Gasteiger partial charge on any atom is 0.127 e. The van der Waals surface area contributed by atoms with Crippen LogP contribution in [0.1, 0.15) is 42.5 Å². The summed E-state index contributed by atoms with van der Waals surface area (Å²) in [6.45, 7) is 5.02. The molecule has 0 aliphatic rings. The quantitative estimate of drug-likeness (QED) is 0.825. The second kappa shape index (κ2) is 7.89. The normalized spacial score (nSPS) is 12.3. The van der Waals surface area contributed by atoms with E-state index in [0.29, 0.717) is 0 Å². The number of nitrogens with zero attached hydrogens (tertiary/aromatic N) is 1. The Kier molecular flexibility index (Phi) is 5.88. The van der Waals surface area contributed by atoms with Gasteiger partial charge in [-0.1, -0.05) is 30.7 Å². The van der Waals surface area contributed by atoms with Crippen molar-refractivity contribution in [2.45, 2.75) is 39.2 Å². The number of halogens is 1. The minimum Gasteiger partial charge on any atom is -0.310 e. The molecule has 0 aliphatic heterocycles. The summed E-state index contributed by atoms with van der Waals surface area (Å²) in [5, 5.41) is 3.46. The molecule has 0 amide bonds. The van der Waals surface area contributed by atoms with E-state index in [1.54, 1.807) is 12.3 Å². The van der Waals surface area contributed by atoms with Crippen LogP contribution in [0.5, 0.6) is 0 Å². The van der Waals surface area contributed by atoms with Gasteiger partial charge in [0.05, 0.1) is 0 Å². The molecular weight excluding hydrogens is 263 g/mol. The summed E-state index contributed by atoms with van der Waals surface area (Å²) in [7, 11) is 0. The van der Waals surface area contributed by atoms with Gasteiger partial charge in [-0.3, -0.25) is 4.98 Å². The molecule has 2 rings (SSSR count). The molecular formula is C18H23FN2. The fourth-order valence-corrected chi connectivity index (χ4v) is 2.47. The zero-order valence-electron chi connectivity index (χ0n) is 12.8. The van der Waals surface area contributed by atoms with Gasteiger partial charge in [0.2, 0.25) is 0 Å². The Bertz CT molecular complexity index is 554. The predicted molar refractivity (Wildman–Crippen MR) is 84.7 cm³/mol.